The molecule has 1 amide bonds. The largest absolute Gasteiger partial charge is 0.417 e. The van der Waals surface area contributed by atoms with Crippen LogP contribution in [0.2, 0.25) is 0 Å². The number of rotatable bonds is 5. The second kappa shape index (κ2) is 7.23. The van der Waals surface area contributed by atoms with Crippen LogP contribution in [-0.2, 0) is 10.2 Å². The third-order valence-electron chi connectivity index (χ3n) is 4.35. The van der Waals surface area contributed by atoms with Crippen molar-refractivity contribution >= 4 is 28.5 Å². The Morgan fingerprint density at radius 3 is 2.41 bits per heavy atom. The molecule has 3 rings (SSSR count). The lowest BCUT2D eigenvalue weighted by Crippen LogP contribution is -2.14. The van der Waals surface area contributed by atoms with Crippen LogP contribution < -0.4 is 11.1 Å². The number of carbonyl (C=O) groups is 2. The Labute approximate surface area is 156 Å². The highest BCUT2D eigenvalue weighted by atomic mass is 16.4. The number of anilines is 1. The lowest BCUT2D eigenvalue weighted by atomic mass is 9.86. The van der Waals surface area contributed by atoms with Crippen molar-refractivity contribution in [3.63, 3.8) is 0 Å². The van der Waals surface area contributed by atoms with Crippen LogP contribution in [-0.4, -0.2) is 16.7 Å². The monoisotopic (exact) mass is 366 g/mol. The second-order valence-electron chi connectivity index (χ2n) is 7.52. The van der Waals surface area contributed by atoms with Gasteiger partial charge in [0, 0.05) is 24.1 Å². The van der Waals surface area contributed by atoms with E-state index >= 15 is 0 Å². The van der Waals surface area contributed by atoms with Crippen molar-refractivity contribution in [2.24, 2.45) is 0 Å². The first kappa shape index (κ1) is 18.6. The van der Waals surface area contributed by atoms with Crippen LogP contribution in [0.15, 0.2) is 51.7 Å². The number of hydrogen-bond donors (Lipinski definition) is 2. The molecule has 140 valence electrons. The number of amides is 1. The Hall–Kier alpha value is -3.15. The molecule has 0 aliphatic heterocycles. The molecule has 0 fully saturated rings. The van der Waals surface area contributed by atoms with Gasteiger partial charge in [0.15, 0.2) is 11.4 Å². The Balaban J connectivity index is 1.57. The standard InChI is InChI=1S/C21H22N2O4/c1-21(2,3)14-6-4-13(5-7-14)17(24)9-11-19(25)22-15-8-10-18-16(12-15)23-20(26)27-18/h4-8,10,12H,9,11H2,1-3H3,(H,22,25)(H,23,26). The molecule has 0 spiro atoms. The molecule has 1 heterocycles. The quantitative estimate of drug-likeness (QED) is 0.667. The molecule has 27 heavy (non-hydrogen) atoms. The summed E-state index contributed by atoms with van der Waals surface area (Å²) in [5.41, 5.74) is 3.26. The van der Waals surface area contributed by atoms with Crippen molar-refractivity contribution in [1.82, 2.24) is 4.98 Å². The number of benzene rings is 2. The Morgan fingerprint density at radius 2 is 1.74 bits per heavy atom. The normalized spacial score (nSPS) is 11.5. The molecule has 0 radical (unpaired) electrons. The fourth-order valence-electron chi connectivity index (χ4n) is 2.78. The smallest absolute Gasteiger partial charge is 0.408 e. The van der Waals surface area contributed by atoms with Crippen LogP contribution >= 0.6 is 0 Å². The van der Waals surface area contributed by atoms with E-state index < -0.39 is 5.76 Å². The van der Waals surface area contributed by atoms with Crippen LogP contribution in [0.5, 0.6) is 0 Å². The van der Waals surface area contributed by atoms with Gasteiger partial charge in [-0.15, -0.1) is 0 Å². The van der Waals surface area contributed by atoms with Crippen molar-refractivity contribution in [3.8, 4) is 0 Å². The molecule has 2 aromatic carbocycles. The molecule has 6 heteroatoms. The van der Waals surface area contributed by atoms with E-state index in [2.05, 4.69) is 31.1 Å². The van der Waals surface area contributed by atoms with Gasteiger partial charge in [-0.25, -0.2) is 4.79 Å². The van der Waals surface area contributed by atoms with Gasteiger partial charge in [-0.3, -0.25) is 14.6 Å². The van der Waals surface area contributed by atoms with E-state index in [-0.39, 0.29) is 29.9 Å². The van der Waals surface area contributed by atoms with Crippen LogP contribution in [0.3, 0.4) is 0 Å². The molecule has 6 nitrogen and oxygen atoms in total. The maximum absolute atomic E-state index is 12.3. The molecule has 0 saturated carbocycles. The van der Waals surface area contributed by atoms with Crippen molar-refractivity contribution in [2.45, 2.75) is 39.0 Å². The van der Waals surface area contributed by atoms with Gasteiger partial charge in [0.05, 0.1) is 5.52 Å². The Kier molecular flexibility index (Phi) is 4.99. The Morgan fingerprint density at radius 1 is 1.04 bits per heavy atom. The topological polar surface area (TPSA) is 92.2 Å². The number of H-pyrrole nitrogens is 1. The first-order valence-corrected chi connectivity index (χ1v) is 8.79. The molecule has 0 saturated heterocycles. The summed E-state index contributed by atoms with van der Waals surface area (Å²) in [4.78, 5) is 38.1. The first-order valence-electron chi connectivity index (χ1n) is 8.79. The van der Waals surface area contributed by atoms with Crippen molar-refractivity contribution in [3.05, 3.63) is 64.1 Å². The van der Waals surface area contributed by atoms with Gasteiger partial charge in [0.2, 0.25) is 5.91 Å². The van der Waals surface area contributed by atoms with Gasteiger partial charge >= 0.3 is 5.76 Å². The minimum Gasteiger partial charge on any atom is -0.408 e. The van der Waals surface area contributed by atoms with Crippen LogP contribution in [0, 0.1) is 0 Å². The number of oxazole rings is 1. The molecular formula is C21H22N2O4. The summed E-state index contributed by atoms with van der Waals surface area (Å²) in [6.45, 7) is 6.35. The van der Waals surface area contributed by atoms with E-state index in [1.54, 1.807) is 18.2 Å². The zero-order valence-electron chi connectivity index (χ0n) is 15.6. The van der Waals surface area contributed by atoms with Crippen molar-refractivity contribution < 1.29 is 14.0 Å². The molecule has 3 aromatic rings. The van der Waals surface area contributed by atoms with Crippen LogP contribution in [0.1, 0.15) is 49.5 Å². The molecule has 0 aliphatic carbocycles. The van der Waals surface area contributed by atoms with E-state index in [9.17, 15) is 14.4 Å². The van der Waals surface area contributed by atoms with Gasteiger partial charge in [0.1, 0.15) is 0 Å². The third kappa shape index (κ3) is 4.53. The summed E-state index contributed by atoms with van der Waals surface area (Å²) in [6, 6.07) is 12.4. The fraction of sp³-hybridized carbons (Fsp3) is 0.286. The molecule has 0 bridgehead atoms. The summed E-state index contributed by atoms with van der Waals surface area (Å²) in [5.74, 6) is -0.878. The number of ketones is 1. The summed E-state index contributed by atoms with van der Waals surface area (Å²) < 4.78 is 4.92. The highest BCUT2D eigenvalue weighted by Gasteiger charge is 2.15. The number of carbonyl (C=O) groups excluding carboxylic acids is 2. The van der Waals surface area contributed by atoms with Gasteiger partial charge in [0.25, 0.3) is 0 Å². The molecule has 0 atom stereocenters. The van der Waals surface area contributed by atoms with Gasteiger partial charge in [-0.2, -0.15) is 0 Å². The minimum absolute atomic E-state index is 0.0296. The number of aromatic nitrogens is 1. The number of Topliss-reactive ketones (excluding diaryl/α,β-unsaturated/α-hetero) is 1. The van der Waals surface area contributed by atoms with Crippen molar-refractivity contribution in [1.29, 1.82) is 0 Å². The van der Waals surface area contributed by atoms with Crippen LogP contribution in [0.4, 0.5) is 5.69 Å². The third-order valence-corrected chi connectivity index (χ3v) is 4.35. The second-order valence-corrected chi connectivity index (χ2v) is 7.52. The molecule has 1 aromatic heterocycles. The van der Waals surface area contributed by atoms with E-state index in [0.717, 1.165) is 5.56 Å². The first-order chi connectivity index (χ1) is 12.7. The number of aromatic amines is 1. The predicted molar refractivity (Wildman–Crippen MR) is 104 cm³/mol. The lowest BCUT2D eigenvalue weighted by molar-refractivity contribution is -0.116. The summed E-state index contributed by atoms with van der Waals surface area (Å²) in [5, 5.41) is 2.72. The van der Waals surface area contributed by atoms with E-state index in [0.29, 0.717) is 22.4 Å². The SMILES string of the molecule is CC(C)(C)c1ccc(C(=O)CCC(=O)Nc2ccc3oc(=O)[nH]c3c2)cc1. The lowest BCUT2D eigenvalue weighted by Gasteiger charge is -2.18. The highest BCUT2D eigenvalue weighted by Crippen LogP contribution is 2.22. The number of hydrogen-bond acceptors (Lipinski definition) is 4. The fourth-order valence-corrected chi connectivity index (χ4v) is 2.78. The summed E-state index contributed by atoms with van der Waals surface area (Å²) >= 11 is 0. The number of nitrogens with one attached hydrogen (secondary N) is 2. The molecule has 2 N–H and O–H groups in total. The molecule has 0 aliphatic rings. The van der Waals surface area contributed by atoms with Gasteiger partial charge < -0.3 is 9.73 Å². The van der Waals surface area contributed by atoms with E-state index in [1.807, 2.05) is 24.3 Å². The van der Waals surface area contributed by atoms with Gasteiger partial charge in [-0.05, 0) is 29.2 Å². The maximum Gasteiger partial charge on any atom is 0.417 e. The molecule has 0 unspecified atom stereocenters. The predicted octanol–water partition coefficient (Wildman–Crippen LogP) is 4.02. The Bertz CT molecular complexity index is 1040. The average Bonchev–Trinajstić information content (AvgIpc) is 2.98. The zero-order valence-corrected chi connectivity index (χ0v) is 15.6. The highest BCUT2D eigenvalue weighted by molar-refractivity contribution is 6.00. The zero-order chi connectivity index (χ0) is 19.6. The van der Waals surface area contributed by atoms with Crippen molar-refractivity contribution in [2.75, 3.05) is 5.32 Å². The van der Waals surface area contributed by atoms with E-state index in [4.69, 9.17) is 4.42 Å². The van der Waals surface area contributed by atoms with Crippen LogP contribution in [0.25, 0.3) is 11.1 Å². The number of fused-ring (bicyclic) bond motifs is 1. The average molecular weight is 366 g/mol. The minimum atomic E-state index is -0.545. The molecular weight excluding hydrogens is 344 g/mol. The van der Waals surface area contributed by atoms with E-state index in [1.165, 1.54) is 0 Å². The van der Waals surface area contributed by atoms with Gasteiger partial charge in [-0.1, -0.05) is 45.0 Å². The summed E-state index contributed by atoms with van der Waals surface area (Å²) in [6.07, 6.45) is 0.214. The maximum atomic E-state index is 12.3. The summed E-state index contributed by atoms with van der Waals surface area (Å²) in [7, 11) is 0.